The minimum atomic E-state index is -1.02. The second-order valence-electron chi connectivity index (χ2n) is 7.79. The molecule has 3 nitrogen and oxygen atoms in total. The number of hydrogen-bond acceptors (Lipinski definition) is 2. The van der Waals surface area contributed by atoms with E-state index in [9.17, 15) is 15.0 Å². The van der Waals surface area contributed by atoms with Gasteiger partial charge in [0.25, 0.3) is 0 Å². The number of carboxylic acid groups (broad SMARTS) is 1. The molecular formula is C22H32O3. The van der Waals surface area contributed by atoms with Crippen LogP contribution in [0.25, 0.3) is 0 Å². The highest BCUT2D eigenvalue weighted by Gasteiger charge is 2.31. The first kappa shape index (κ1) is 19.6. The Kier molecular flexibility index (Phi) is 6.69. The summed E-state index contributed by atoms with van der Waals surface area (Å²) in [6, 6.07) is 3.88. The average molecular weight is 344 g/mol. The minimum absolute atomic E-state index is 0.0249. The summed E-state index contributed by atoms with van der Waals surface area (Å²) in [6.45, 7) is 8.67. The molecule has 0 heterocycles. The van der Waals surface area contributed by atoms with Crippen LogP contribution in [0, 0.1) is 11.8 Å². The van der Waals surface area contributed by atoms with Crippen molar-refractivity contribution in [3.63, 3.8) is 0 Å². The molecule has 138 valence electrons. The van der Waals surface area contributed by atoms with E-state index >= 15 is 0 Å². The number of unbranched alkanes of at least 4 members (excludes halogenated alkanes) is 2. The van der Waals surface area contributed by atoms with E-state index in [1.807, 2.05) is 12.1 Å². The summed E-state index contributed by atoms with van der Waals surface area (Å²) in [6.07, 6.45) is 8.22. The molecule has 0 amide bonds. The average Bonchev–Trinajstić information content (AvgIpc) is 2.54. The second kappa shape index (κ2) is 8.55. The number of aromatic carboxylic acids is 1. The molecule has 0 radical (unpaired) electrons. The first-order valence-corrected chi connectivity index (χ1v) is 9.62. The molecule has 0 aromatic heterocycles. The highest BCUT2D eigenvalue weighted by atomic mass is 16.4. The zero-order valence-corrected chi connectivity index (χ0v) is 16.0. The van der Waals surface area contributed by atoms with Crippen LogP contribution in [0.5, 0.6) is 5.75 Å². The van der Waals surface area contributed by atoms with Crippen molar-refractivity contribution < 1.29 is 15.0 Å². The van der Waals surface area contributed by atoms with Gasteiger partial charge in [-0.25, -0.2) is 4.79 Å². The first-order valence-electron chi connectivity index (χ1n) is 9.62. The van der Waals surface area contributed by atoms with Crippen LogP contribution in [-0.2, 0) is 6.42 Å². The van der Waals surface area contributed by atoms with E-state index in [2.05, 4.69) is 33.8 Å². The Bertz CT molecular complexity index is 643. The highest BCUT2D eigenvalue weighted by Crippen LogP contribution is 2.44. The molecule has 0 fully saturated rings. The molecule has 0 aliphatic heterocycles. The van der Waals surface area contributed by atoms with E-state index in [0.717, 1.165) is 43.2 Å². The number of benzene rings is 1. The quantitative estimate of drug-likeness (QED) is 0.477. The standard InChI is InChI=1S/C22H32O3/c1-5-6-7-8-16-10-12-18(21(23)20(16)22(24)25)19-13-15(4)9-11-17(19)14(2)3/h10,12-14,17,19,23H,5-9,11H2,1-4H3,(H,24,25)/t17-,19+/m0/s1. The van der Waals surface area contributed by atoms with Crippen molar-refractivity contribution in [1.29, 1.82) is 0 Å². The molecule has 0 bridgehead atoms. The van der Waals surface area contributed by atoms with Gasteiger partial charge in [0.05, 0.1) is 0 Å². The van der Waals surface area contributed by atoms with Crippen molar-refractivity contribution in [1.82, 2.24) is 0 Å². The lowest BCUT2D eigenvalue weighted by Crippen LogP contribution is -2.21. The largest absolute Gasteiger partial charge is 0.507 e. The SMILES string of the molecule is CCCCCc1ccc([C@@H]2C=C(C)CC[C@H]2C(C)C)c(O)c1C(=O)O. The number of carboxylic acids is 1. The lowest BCUT2D eigenvalue weighted by Gasteiger charge is -2.33. The fourth-order valence-electron chi connectivity index (χ4n) is 4.09. The van der Waals surface area contributed by atoms with Crippen molar-refractivity contribution in [2.75, 3.05) is 0 Å². The molecule has 0 spiro atoms. The number of phenols is 1. The summed E-state index contributed by atoms with van der Waals surface area (Å²) in [7, 11) is 0. The Balaban J connectivity index is 2.45. The smallest absolute Gasteiger partial charge is 0.339 e. The normalized spacial score (nSPS) is 20.6. The van der Waals surface area contributed by atoms with Crippen molar-refractivity contribution in [2.45, 2.75) is 72.1 Å². The summed E-state index contributed by atoms with van der Waals surface area (Å²) in [5.74, 6) is -0.0310. The van der Waals surface area contributed by atoms with Gasteiger partial charge in [-0.05, 0) is 50.0 Å². The Morgan fingerprint density at radius 3 is 2.60 bits per heavy atom. The van der Waals surface area contributed by atoms with Gasteiger partial charge in [-0.3, -0.25) is 0 Å². The summed E-state index contributed by atoms with van der Waals surface area (Å²) >= 11 is 0. The van der Waals surface area contributed by atoms with Crippen molar-refractivity contribution in [2.24, 2.45) is 11.8 Å². The first-order chi connectivity index (χ1) is 11.9. The van der Waals surface area contributed by atoms with Crippen LogP contribution in [0.3, 0.4) is 0 Å². The van der Waals surface area contributed by atoms with Gasteiger partial charge < -0.3 is 10.2 Å². The van der Waals surface area contributed by atoms with Gasteiger partial charge in [0.1, 0.15) is 11.3 Å². The number of allylic oxidation sites excluding steroid dienone is 2. The van der Waals surface area contributed by atoms with Crippen LogP contribution in [0.1, 0.15) is 87.2 Å². The Morgan fingerprint density at radius 2 is 2.00 bits per heavy atom. The summed E-state index contributed by atoms with van der Waals surface area (Å²) in [5, 5.41) is 20.5. The number of hydrogen-bond donors (Lipinski definition) is 2. The molecule has 0 unspecified atom stereocenters. The van der Waals surface area contributed by atoms with Gasteiger partial charge in [0.2, 0.25) is 0 Å². The van der Waals surface area contributed by atoms with E-state index in [-0.39, 0.29) is 17.2 Å². The van der Waals surface area contributed by atoms with Crippen molar-refractivity contribution >= 4 is 5.97 Å². The van der Waals surface area contributed by atoms with Crippen LogP contribution >= 0.6 is 0 Å². The summed E-state index contributed by atoms with van der Waals surface area (Å²) in [4.78, 5) is 11.8. The molecular weight excluding hydrogens is 312 g/mol. The zero-order valence-electron chi connectivity index (χ0n) is 16.0. The van der Waals surface area contributed by atoms with Gasteiger partial charge in [-0.15, -0.1) is 0 Å². The van der Waals surface area contributed by atoms with Gasteiger partial charge in [-0.1, -0.05) is 57.4 Å². The number of rotatable bonds is 7. The van der Waals surface area contributed by atoms with Gasteiger partial charge in [-0.2, -0.15) is 0 Å². The van der Waals surface area contributed by atoms with Crippen LogP contribution in [-0.4, -0.2) is 16.2 Å². The third kappa shape index (κ3) is 4.45. The van der Waals surface area contributed by atoms with E-state index in [4.69, 9.17) is 0 Å². The van der Waals surface area contributed by atoms with Crippen LogP contribution in [0.2, 0.25) is 0 Å². The van der Waals surface area contributed by atoms with Gasteiger partial charge >= 0.3 is 5.97 Å². The third-order valence-electron chi connectivity index (χ3n) is 5.57. The molecule has 1 aromatic rings. The molecule has 1 aliphatic rings. The monoisotopic (exact) mass is 344 g/mol. The fraction of sp³-hybridized carbons (Fsp3) is 0.591. The second-order valence-corrected chi connectivity index (χ2v) is 7.79. The van der Waals surface area contributed by atoms with E-state index < -0.39 is 5.97 Å². The fourth-order valence-corrected chi connectivity index (χ4v) is 4.09. The maximum Gasteiger partial charge on any atom is 0.339 e. The van der Waals surface area contributed by atoms with E-state index in [0.29, 0.717) is 18.3 Å². The molecule has 2 atom stereocenters. The number of carbonyl (C=O) groups is 1. The molecule has 2 N–H and O–H groups in total. The zero-order chi connectivity index (χ0) is 18.6. The molecule has 1 aliphatic carbocycles. The number of aryl methyl sites for hydroxylation is 1. The minimum Gasteiger partial charge on any atom is -0.507 e. The van der Waals surface area contributed by atoms with Crippen LogP contribution in [0.15, 0.2) is 23.8 Å². The van der Waals surface area contributed by atoms with E-state index in [1.165, 1.54) is 5.57 Å². The molecule has 0 saturated heterocycles. The molecule has 3 heteroatoms. The molecule has 1 aromatic carbocycles. The molecule has 25 heavy (non-hydrogen) atoms. The predicted octanol–water partition coefficient (Wildman–Crippen LogP) is 5.92. The Labute approximate surface area is 151 Å². The topological polar surface area (TPSA) is 57.5 Å². The molecule has 2 rings (SSSR count). The summed E-state index contributed by atoms with van der Waals surface area (Å²) in [5.41, 5.74) is 2.95. The number of aromatic hydroxyl groups is 1. The van der Waals surface area contributed by atoms with Crippen LogP contribution in [0.4, 0.5) is 0 Å². The van der Waals surface area contributed by atoms with Crippen LogP contribution < -0.4 is 0 Å². The van der Waals surface area contributed by atoms with Crippen molar-refractivity contribution in [3.8, 4) is 5.75 Å². The molecule has 0 saturated carbocycles. The maximum absolute atomic E-state index is 11.8. The highest BCUT2D eigenvalue weighted by molar-refractivity contribution is 5.93. The lowest BCUT2D eigenvalue weighted by molar-refractivity contribution is 0.0692. The maximum atomic E-state index is 11.8. The Morgan fingerprint density at radius 1 is 1.28 bits per heavy atom. The third-order valence-corrected chi connectivity index (χ3v) is 5.57. The van der Waals surface area contributed by atoms with Crippen molar-refractivity contribution in [3.05, 3.63) is 40.5 Å². The summed E-state index contributed by atoms with van der Waals surface area (Å²) < 4.78 is 0. The lowest BCUT2D eigenvalue weighted by atomic mass is 9.71. The predicted molar refractivity (Wildman–Crippen MR) is 102 cm³/mol. The Hall–Kier alpha value is -1.77. The van der Waals surface area contributed by atoms with E-state index in [1.54, 1.807) is 0 Å². The van der Waals surface area contributed by atoms with Gasteiger partial charge in [0, 0.05) is 11.5 Å². The van der Waals surface area contributed by atoms with Gasteiger partial charge in [0.15, 0.2) is 0 Å².